The molecular weight excluding hydrogens is 510 g/mol. The molecule has 4 N–H and O–H groups in total. The van der Waals surface area contributed by atoms with Gasteiger partial charge >= 0.3 is 0 Å². The van der Waals surface area contributed by atoms with Crippen molar-refractivity contribution >= 4 is 5.91 Å². The van der Waals surface area contributed by atoms with Crippen LogP contribution in [-0.4, -0.2) is 46.1 Å². The lowest BCUT2D eigenvalue weighted by atomic mass is 10.0. The number of allylic oxidation sites excluding steroid dienone is 1. The van der Waals surface area contributed by atoms with E-state index in [9.17, 15) is 20.1 Å². The molecule has 0 saturated heterocycles. The molecule has 5 heteroatoms. The highest BCUT2D eigenvalue weighted by Gasteiger charge is 2.20. The Morgan fingerprint density at radius 1 is 0.610 bits per heavy atom. The third-order valence-electron chi connectivity index (χ3n) is 8.32. The zero-order valence-corrected chi connectivity index (χ0v) is 27.4. The summed E-state index contributed by atoms with van der Waals surface area (Å²) in [6.45, 7) is 4.18. The number of rotatable bonds is 32. The van der Waals surface area contributed by atoms with Gasteiger partial charge in [-0.15, -0.1) is 0 Å². The van der Waals surface area contributed by atoms with Crippen LogP contribution in [0.15, 0.2) is 12.2 Å². The normalized spacial score (nSPS) is 14.0. The van der Waals surface area contributed by atoms with Crippen molar-refractivity contribution in [3.05, 3.63) is 12.2 Å². The van der Waals surface area contributed by atoms with Crippen molar-refractivity contribution in [2.45, 2.75) is 205 Å². The van der Waals surface area contributed by atoms with Gasteiger partial charge in [-0.05, 0) is 19.3 Å². The van der Waals surface area contributed by atoms with Gasteiger partial charge in [0.1, 0.15) is 0 Å². The Kier molecular flexibility index (Phi) is 31.3. The Morgan fingerprint density at radius 3 is 1.41 bits per heavy atom. The van der Waals surface area contributed by atoms with Crippen LogP contribution in [0.3, 0.4) is 0 Å². The predicted octanol–water partition coefficient (Wildman–Crippen LogP) is 9.31. The first-order valence-corrected chi connectivity index (χ1v) is 18.0. The minimum Gasteiger partial charge on any atom is -0.394 e. The molecule has 0 aliphatic carbocycles. The van der Waals surface area contributed by atoms with E-state index in [2.05, 4.69) is 19.2 Å². The molecule has 3 unspecified atom stereocenters. The SMILES string of the molecule is CCCCCCCCCCCCCCCCC/C=C/C(O)C(CO)NC(=O)CC(O)CCCCCCCCCCC. The molecule has 3 atom stereocenters. The minimum atomic E-state index is -0.922. The third-order valence-corrected chi connectivity index (χ3v) is 8.32. The highest BCUT2D eigenvalue weighted by atomic mass is 16.3. The molecule has 0 aliphatic rings. The number of aliphatic hydroxyl groups is 3. The van der Waals surface area contributed by atoms with Gasteiger partial charge in [0.25, 0.3) is 0 Å². The molecule has 41 heavy (non-hydrogen) atoms. The van der Waals surface area contributed by atoms with Crippen molar-refractivity contribution in [3.8, 4) is 0 Å². The second-order valence-corrected chi connectivity index (χ2v) is 12.5. The zero-order valence-electron chi connectivity index (χ0n) is 27.4. The molecule has 0 aliphatic heterocycles. The molecule has 1 amide bonds. The average Bonchev–Trinajstić information content (AvgIpc) is 2.96. The topological polar surface area (TPSA) is 89.8 Å². The highest BCUT2D eigenvalue weighted by Crippen LogP contribution is 2.15. The first-order valence-electron chi connectivity index (χ1n) is 18.0. The number of hydrogen-bond acceptors (Lipinski definition) is 4. The molecular formula is C36H71NO4. The average molecular weight is 582 g/mol. The van der Waals surface area contributed by atoms with Gasteiger partial charge in [-0.1, -0.05) is 174 Å². The lowest BCUT2D eigenvalue weighted by Crippen LogP contribution is -2.45. The van der Waals surface area contributed by atoms with Gasteiger partial charge in [-0.3, -0.25) is 4.79 Å². The van der Waals surface area contributed by atoms with Crippen LogP contribution in [0, 0.1) is 0 Å². The van der Waals surface area contributed by atoms with Crippen molar-refractivity contribution in [2.24, 2.45) is 0 Å². The van der Waals surface area contributed by atoms with E-state index in [1.165, 1.54) is 135 Å². The summed E-state index contributed by atoms with van der Waals surface area (Å²) in [5.41, 5.74) is 0. The fourth-order valence-electron chi connectivity index (χ4n) is 5.51. The van der Waals surface area contributed by atoms with E-state index in [4.69, 9.17) is 0 Å². The number of aliphatic hydroxyl groups excluding tert-OH is 3. The number of carbonyl (C=O) groups is 1. The van der Waals surface area contributed by atoms with Gasteiger partial charge in [0.15, 0.2) is 0 Å². The third kappa shape index (κ3) is 29.0. The monoisotopic (exact) mass is 582 g/mol. The van der Waals surface area contributed by atoms with E-state index in [0.29, 0.717) is 6.42 Å². The van der Waals surface area contributed by atoms with Crippen LogP contribution in [0.25, 0.3) is 0 Å². The smallest absolute Gasteiger partial charge is 0.222 e. The van der Waals surface area contributed by atoms with Gasteiger partial charge < -0.3 is 20.6 Å². The molecule has 0 bridgehead atoms. The Balaban J connectivity index is 3.71. The van der Waals surface area contributed by atoms with Crippen LogP contribution in [0.1, 0.15) is 187 Å². The molecule has 0 radical (unpaired) electrons. The van der Waals surface area contributed by atoms with Crippen LogP contribution in [0.2, 0.25) is 0 Å². The Labute approximate surface area is 255 Å². The zero-order chi connectivity index (χ0) is 30.2. The van der Waals surface area contributed by atoms with E-state index >= 15 is 0 Å². The summed E-state index contributed by atoms with van der Waals surface area (Å²) in [4.78, 5) is 12.3. The quantitative estimate of drug-likeness (QED) is 0.0471. The van der Waals surface area contributed by atoms with Crippen LogP contribution in [0.5, 0.6) is 0 Å². The van der Waals surface area contributed by atoms with Gasteiger partial charge in [0.05, 0.1) is 31.3 Å². The highest BCUT2D eigenvalue weighted by molar-refractivity contribution is 5.76. The maximum Gasteiger partial charge on any atom is 0.222 e. The van der Waals surface area contributed by atoms with Gasteiger partial charge in [-0.25, -0.2) is 0 Å². The predicted molar refractivity (Wildman–Crippen MR) is 176 cm³/mol. The summed E-state index contributed by atoms with van der Waals surface area (Å²) >= 11 is 0. The van der Waals surface area contributed by atoms with E-state index in [1.54, 1.807) is 6.08 Å². The number of carbonyl (C=O) groups excluding carboxylic acids is 1. The van der Waals surface area contributed by atoms with E-state index in [-0.39, 0.29) is 18.9 Å². The molecule has 0 saturated carbocycles. The van der Waals surface area contributed by atoms with Gasteiger partial charge in [0, 0.05) is 0 Å². The Morgan fingerprint density at radius 2 is 1.00 bits per heavy atom. The van der Waals surface area contributed by atoms with E-state index < -0.39 is 18.2 Å². The largest absolute Gasteiger partial charge is 0.394 e. The Bertz CT molecular complexity index is 568. The number of amides is 1. The van der Waals surface area contributed by atoms with E-state index in [1.807, 2.05) is 6.08 Å². The van der Waals surface area contributed by atoms with Crippen molar-refractivity contribution in [2.75, 3.05) is 6.61 Å². The van der Waals surface area contributed by atoms with Crippen LogP contribution < -0.4 is 5.32 Å². The second-order valence-electron chi connectivity index (χ2n) is 12.5. The van der Waals surface area contributed by atoms with Crippen molar-refractivity contribution in [1.82, 2.24) is 5.32 Å². The van der Waals surface area contributed by atoms with Gasteiger partial charge in [0.2, 0.25) is 5.91 Å². The number of nitrogens with one attached hydrogen (secondary N) is 1. The molecule has 0 spiro atoms. The number of hydrogen-bond donors (Lipinski definition) is 4. The first kappa shape index (κ1) is 40.1. The van der Waals surface area contributed by atoms with Crippen molar-refractivity contribution < 1.29 is 20.1 Å². The molecule has 0 aromatic carbocycles. The molecule has 0 rings (SSSR count). The lowest BCUT2D eigenvalue weighted by Gasteiger charge is -2.21. The minimum absolute atomic E-state index is 0.0169. The summed E-state index contributed by atoms with van der Waals surface area (Å²) in [7, 11) is 0. The van der Waals surface area contributed by atoms with Crippen molar-refractivity contribution in [1.29, 1.82) is 0 Å². The summed E-state index contributed by atoms with van der Waals surface area (Å²) in [5, 5.41) is 32.9. The van der Waals surface area contributed by atoms with Crippen LogP contribution >= 0.6 is 0 Å². The van der Waals surface area contributed by atoms with Crippen LogP contribution in [0.4, 0.5) is 0 Å². The van der Waals surface area contributed by atoms with E-state index in [0.717, 1.165) is 25.7 Å². The summed E-state index contributed by atoms with van der Waals surface area (Å²) < 4.78 is 0. The number of unbranched alkanes of at least 4 members (excludes halogenated alkanes) is 23. The summed E-state index contributed by atoms with van der Waals surface area (Å²) in [6, 6.07) is -0.736. The molecule has 0 aromatic rings. The fraction of sp³-hybridized carbons (Fsp3) is 0.917. The summed E-state index contributed by atoms with van der Waals surface area (Å²) in [5.74, 6) is -0.317. The molecule has 244 valence electrons. The molecule has 0 fully saturated rings. The maximum absolute atomic E-state index is 12.3. The first-order chi connectivity index (χ1) is 20.0. The second kappa shape index (κ2) is 32.0. The maximum atomic E-state index is 12.3. The standard InChI is InChI=1S/C36H71NO4/c1-3-5-7-9-11-13-14-15-16-17-18-19-20-22-24-26-28-30-35(40)34(32-38)37-36(41)31-33(39)29-27-25-23-21-12-10-8-6-4-2/h28,30,33-35,38-40H,3-27,29,31-32H2,1-2H3,(H,37,41)/b30-28+. The lowest BCUT2D eigenvalue weighted by molar-refractivity contribution is -0.124. The van der Waals surface area contributed by atoms with Crippen LogP contribution in [-0.2, 0) is 4.79 Å². The molecule has 5 nitrogen and oxygen atoms in total. The fourth-order valence-corrected chi connectivity index (χ4v) is 5.51. The van der Waals surface area contributed by atoms with Gasteiger partial charge in [-0.2, -0.15) is 0 Å². The summed E-state index contributed by atoms with van der Waals surface area (Å²) in [6.07, 6.45) is 34.8. The molecule has 0 heterocycles. The molecule has 0 aromatic heterocycles. The Hall–Kier alpha value is -0.910. The van der Waals surface area contributed by atoms with Crippen molar-refractivity contribution in [3.63, 3.8) is 0 Å².